The first kappa shape index (κ1) is 18.1. The first-order valence-electron chi connectivity index (χ1n) is 10.7. The third kappa shape index (κ3) is 2.94. The van der Waals surface area contributed by atoms with Crippen LogP contribution in [0.2, 0.25) is 0 Å². The van der Waals surface area contributed by atoms with Gasteiger partial charge in [-0.05, 0) is 61.4 Å². The van der Waals surface area contributed by atoms with Crippen LogP contribution in [0.4, 0.5) is 0 Å². The monoisotopic (exact) mass is 378 g/mol. The fraction of sp³-hybridized carbons (Fsp3) is 0.542. The molecule has 1 saturated carbocycles. The number of likely N-dealkylation sites (tertiary alicyclic amines) is 1. The molecule has 2 aliphatic carbocycles. The molecule has 148 valence electrons. The molecule has 2 aromatic rings. The van der Waals surface area contributed by atoms with E-state index in [-0.39, 0.29) is 11.8 Å². The summed E-state index contributed by atoms with van der Waals surface area (Å²) in [6.07, 6.45) is 8.79. The number of aryl methyl sites for hydroxylation is 2. The molecule has 1 aromatic carbocycles. The molecule has 1 aliphatic heterocycles. The van der Waals surface area contributed by atoms with Crippen LogP contribution in [0.25, 0.3) is 0 Å². The molecule has 2 bridgehead atoms. The number of hydrogen-bond acceptors (Lipinski definition) is 4. The van der Waals surface area contributed by atoms with Crippen LogP contribution in [-0.4, -0.2) is 35.2 Å². The summed E-state index contributed by atoms with van der Waals surface area (Å²) in [6, 6.07) is 10.6. The lowest BCUT2D eigenvalue weighted by atomic mass is 9.64. The Kier molecular flexibility index (Phi) is 4.64. The van der Waals surface area contributed by atoms with Gasteiger partial charge in [0.2, 0.25) is 0 Å². The molecule has 5 rings (SSSR count). The van der Waals surface area contributed by atoms with Crippen molar-refractivity contribution in [1.82, 2.24) is 9.88 Å². The van der Waals surface area contributed by atoms with Crippen LogP contribution in [0, 0.1) is 11.8 Å². The van der Waals surface area contributed by atoms with Crippen molar-refractivity contribution in [1.29, 1.82) is 0 Å². The number of aliphatic hydroxyl groups is 1. The summed E-state index contributed by atoms with van der Waals surface area (Å²) < 4.78 is 5.73. The number of nitrogens with zero attached hydrogens (tertiary/aromatic N) is 2. The van der Waals surface area contributed by atoms with Gasteiger partial charge in [-0.1, -0.05) is 18.6 Å². The standard InChI is InChI=1S/C24H30N2O2/c1-28-22-13-18-7-4-6-17(18)12-19(22)14-26-15-20-8-5-9-21(16-26)24(20,27)23-10-2-3-11-25-23/h2-3,10-13,20-21,27H,4-9,14-16H2,1H3. The van der Waals surface area contributed by atoms with Crippen LogP contribution in [0.1, 0.15) is 48.1 Å². The summed E-state index contributed by atoms with van der Waals surface area (Å²) in [5, 5.41) is 11.7. The van der Waals surface area contributed by atoms with Gasteiger partial charge in [0.15, 0.2) is 0 Å². The molecule has 4 nitrogen and oxygen atoms in total. The van der Waals surface area contributed by atoms with Crippen molar-refractivity contribution in [2.24, 2.45) is 11.8 Å². The zero-order valence-electron chi connectivity index (χ0n) is 16.7. The van der Waals surface area contributed by atoms with E-state index in [1.54, 1.807) is 7.11 Å². The highest BCUT2D eigenvalue weighted by Gasteiger charge is 2.52. The maximum atomic E-state index is 11.7. The minimum atomic E-state index is -0.780. The number of benzene rings is 1. The van der Waals surface area contributed by atoms with Crippen molar-refractivity contribution in [3.63, 3.8) is 0 Å². The number of pyridine rings is 1. The van der Waals surface area contributed by atoms with Gasteiger partial charge in [-0.3, -0.25) is 9.88 Å². The Bertz CT molecular complexity index is 837. The average Bonchev–Trinajstić information content (AvgIpc) is 3.16. The molecular weight excluding hydrogens is 348 g/mol. The van der Waals surface area contributed by atoms with Gasteiger partial charge in [0.1, 0.15) is 11.4 Å². The summed E-state index contributed by atoms with van der Waals surface area (Å²) in [6.45, 7) is 2.75. The number of rotatable bonds is 4. The van der Waals surface area contributed by atoms with Crippen LogP contribution in [0.3, 0.4) is 0 Å². The largest absolute Gasteiger partial charge is 0.496 e. The van der Waals surface area contributed by atoms with Gasteiger partial charge in [0, 0.05) is 43.2 Å². The summed E-state index contributed by atoms with van der Waals surface area (Å²) in [5.74, 6) is 1.52. The fourth-order valence-corrected chi connectivity index (χ4v) is 5.90. The zero-order valence-corrected chi connectivity index (χ0v) is 16.7. The Labute approximate surface area is 167 Å². The number of fused-ring (bicyclic) bond motifs is 3. The van der Waals surface area contributed by atoms with E-state index in [0.29, 0.717) is 0 Å². The molecule has 1 aromatic heterocycles. The third-order valence-electron chi connectivity index (χ3n) is 7.27. The van der Waals surface area contributed by atoms with Crippen molar-refractivity contribution in [3.8, 4) is 5.75 Å². The maximum absolute atomic E-state index is 11.7. The Balaban J connectivity index is 1.40. The predicted molar refractivity (Wildman–Crippen MR) is 109 cm³/mol. The molecule has 2 unspecified atom stereocenters. The van der Waals surface area contributed by atoms with Gasteiger partial charge in [-0.15, -0.1) is 0 Å². The second-order valence-corrected chi connectivity index (χ2v) is 8.85. The van der Waals surface area contributed by atoms with Crippen LogP contribution in [0.5, 0.6) is 5.75 Å². The molecule has 3 aliphatic rings. The highest BCUT2D eigenvalue weighted by atomic mass is 16.5. The Morgan fingerprint density at radius 3 is 2.54 bits per heavy atom. The summed E-state index contributed by atoms with van der Waals surface area (Å²) >= 11 is 0. The molecule has 1 saturated heterocycles. The molecule has 0 radical (unpaired) electrons. The number of aromatic nitrogens is 1. The van der Waals surface area contributed by atoms with Gasteiger partial charge >= 0.3 is 0 Å². The average molecular weight is 379 g/mol. The SMILES string of the molecule is COc1cc2c(cc1CN1CC3CCCC(C1)C3(O)c1ccccn1)CCC2. The highest BCUT2D eigenvalue weighted by Crippen LogP contribution is 2.49. The zero-order chi connectivity index (χ0) is 19.1. The number of piperidine rings is 1. The predicted octanol–water partition coefficient (Wildman–Crippen LogP) is 3.70. The van der Waals surface area contributed by atoms with Crippen LogP contribution >= 0.6 is 0 Å². The van der Waals surface area contributed by atoms with Gasteiger partial charge in [-0.25, -0.2) is 0 Å². The van der Waals surface area contributed by atoms with E-state index >= 15 is 0 Å². The van der Waals surface area contributed by atoms with Crippen molar-refractivity contribution < 1.29 is 9.84 Å². The Morgan fingerprint density at radius 1 is 1.11 bits per heavy atom. The highest BCUT2D eigenvalue weighted by molar-refractivity contribution is 5.45. The number of hydrogen-bond donors (Lipinski definition) is 1. The van der Waals surface area contributed by atoms with Crippen LogP contribution in [0.15, 0.2) is 36.5 Å². The first-order valence-corrected chi connectivity index (χ1v) is 10.7. The van der Waals surface area contributed by atoms with E-state index in [2.05, 4.69) is 22.0 Å². The molecule has 0 amide bonds. The Morgan fingerprint density at radius 2 is 1.86 bits per heavy atom. The molecule has 2 fully saturated rings. The molecule has 2 atom stereocenters. The smallest absolute Gasteiger partial charge is 0.123 e. The second-order valence-electron chi connectivity index (χ2n) is 8.85. The minimum Gasteiger partial charge on any atom is -0.496 e. The Hall–Kier alpha value is -1.91. The van der Waals surface area contributed by atoms with E-state index < -0.39 is 5.60 Å². The van der Waals surface area contributed by atoms with E-state index in [4.69, 9.17) is 4.74 Å². The lowest BCUT2D eigenvalue weighted by Crippen LogP contribution is -2.58. The van der Waals surface area contributed by atoms with Gasteiger partial charge in [-0.2, -0.15) is 0 Å². The lowest BCUT2D eigenvalue weighted by Gasteiger charge is -2.52. The molecule has 2 heterocycles. The quantitative estimate of drug-likeness (QED) is 0.881. The lowest BCUT2D eigenvalue weighted by molar-refractivity contribution is -0.151. The van der Waals surface area contributed by atoms with Crippen molar-refractivity contribution in [2.75, 3.05) is 20.2 Å². The second kappa shape index (κ2) is 7.16. The van der Waals surface area contributed by atoms with Crippen LogP contribution in [-0.2, 0) is 25.0 Å². The van der Waals surface area contributed by atoms with E-state index in [0.717, 1.165) is 43.9 Å². The van der Waals surface area contributed by atoms with Gasteiger partial charge < -0.3 is 9.84 Å². The molecular formula is C24H30N2O2. The molecule has 28 heavy (non-hydrogen) atoms. The van der Waals surface area contributed by atoms with Gasteiger partial charge in [0.05, 0.1) is 12.8 Å². The van der Waals surface area contributed by atoms with Crippen LogP contribution < -0.4 is 4.74 Å². The van der Waals surface area contributed by atoms with E-state index in [9.17, 15) is 5.11 Å². The summed E-state index contributed by atoms with van der Waals surface area (Å²) in [7, 11) is 1.78. The molecule has 0 spiro atoms. The fourth-order valence-electron chi connectivity index (χ4n) is 5.90. The molecule has 4 heteroatoms. The molecule has 1 N–H and O–H groups in total. The normalized spacial score (nSPS) is 29.5. The summed E-state index contributed by atoms with van der Waals surface area (Å²) in [5.41, 5.74) is 4.33. The van der Waals surface area contributed by atoms with Gasteiger partial charge in [0.25, 0.3) is 0 Å². The third-order valence-corrected chi connectivity index (χ3v) is 7.27. The summed E-state index contributed by atoms with van der Waals surface area (Å²) in [4.78, 5) is 7.08. The van der Waals surface area contributed by atoms with E-state index in [1.165, 1.54) is 42.4 Å². The topological polar surface area (TPSA) is 45.6 Å². The number of methoxy groups -OCH3 is 1. The van der Waals surface area contributed by atoms with Crippen molar-refractivity contribution in [2.45, 2.75) is 50.7 Å². The van der Waals surface area contributed by atoms with E-state index in [1.807, 2.05) is 24.4 Å². The van der Waals surface area contributed by atoms with Crippen molar-refractivity contribution in [3.05, 3.63) is 58.9 Å². The first-order chi connectivity index (χ1) is 13.7. The number of ether oxygens (including phenoxy) is 1. The van der Waals surface area contributed by atoms with Crippen molar-refractivity contribution >= 4 is 0 Å². The maximum Gasteiger partial charge on any atom is 0.123 e. The minimum absolute atomic E-state index is 0.246.